The number of amides is 1. The lowest BCUT2D eigenvalue weighted by molar-refractivity contribution is 0.0784. The summed E-state index contributed by atoms with van der Waals surface area (Å²) in [5.74, 6) is 1.47. The predicted molar refractivity (Wildman–Crippen MR) is 71.8 cm³/mol. The van der Waals surface area contributed by atoms with Crippen LogP contribution in [0, 0.1) is 5.92 Å². The fourth-order valence-corrected chi connectivity index (χ4v) is 3.04. The number of piperidine rings is 1. The maximum Gasteiger partial charge on any atom is 0.257 e. The van der Waals surface area contributed by atoms with Crippen LogP contribution in [0.1, 0.15) is 35.9 Å². The number of nitrogens with zero attached hydrogens (tertiary/aromatic N) is 3. The van der Waals surface area contributed by atoms with Gasteiger partial charge in [0.15, 0.2) is 0 Å². The number of hydrogen-bond donors (Lipinski definition) is 1. The molecule has 5 nitrogen and oxygen atoms in total. The van der Waals surface area contributed by atoms with Crippen molar-refractivity contribution >= 4 is 5.91 Å². The van der Waals surface area contributed by atoms with E-state index in [9.17, 15) is 4.79 Å². The number of carbonyl (C=O) groups is 1. The molecule has 1 amide bonds. The topological polar surface area (TPSA) is 58.1 Å². The Kier molecular flexibility index (Phi) is 3.46. The number of nitrogens with one attached hydrogen (secondary N) is 1. The molecule has 102 valence electrons. The van der Waals surface area contributed by atoms with Crippen molar-refractivity contribution in [3.63, 3.8) is 0 Å². The van der Waals surface area contributed by atoms with Gasteiger partial charge in [-0.2, -0.15) is 0 Å². The number of hydrogen-bond acceptors (Lipinski definition) is 4. The zero-order valence-corrected chi connectivity index (χ0v) is 11.3. The molecule has 2 aliphatic rings. The summed E-state index contributed by atoms with van der Waals surface area (Å²) in [5, 5.41) is 3.51. The van der Waals surface area contributed by atoms with E-state index in [1.165, 1.54) is 12.8 Å². The summed E-state index contributed by atoms with van der Waals surface area (Å²) in [5.41, 5.74) is 0.607. The van der Waals surface area contributed by atoms with Crippen LogP contribution in [0.3, 0.4) is 0 Å². The molecule has 19 heavy (non-hydrogen) atoms. The van der Waals surface area contributed by atoms with Gasteiger partial charge < -0.3 is 10.2 Å². The normalized spacial score (nSPS) is 26.3. The summed E-state index contributed by atoms with van der Waals surface area (Å²) < 4.78 is 0. The molecule has 2 saturated heterocycles. The zero-order valence-electron chi connectivity index (χ0n) is 11.3. The van der Waals surface area contributed by atoms with Gasteiger partial charge in [-0.25, -0.2) is 9.97 Å². The van der Waals surface area contributed by atoms with E-state index >= 15 is 0 Å². The highest BCUT2D eigenvalue weighted by Gasteiger charge is 2.36. The van der Waals surface area contributed by atoms with E-state index in [0.717, 1.165) is 31.9 Å². The van der Waals surface area contributed by atoms with Crippen LogP contribution in [0.15, 0.2) is 12.4 Å². The van der Waals surface area contributed by atoms with Crippen molar-refractivity contribution in [2.45, 2.75) is 32.2 Å². The average molecular weight is 260 g/mol. The van der Waals surface area contributed by atoms with Gasteiger partial charge in [0.2, 0.25) is 0 Å². The number of aromatic nitrogens is 2. The molecule has 0 aromatic carbocycles. The van der Waals surface area contributed by atoms with Gasteiger partial charge in [0.25, 0.3) is 5.91 Å². The second kappa shape index (κ2) is 5.25. The molecule has 0 saturated carbocycles. The zero-order chi connectivity index (χ0) is 13.2. The van der Waals surface area contributed by atoms with Crippen molar-refractivity contribution in [2.24, 2.45) is 5.92 Å². The Morgan fingerprint density at radius 3 is 2.89 bits per heavy atom. The Bertz CT molecular complexity index is 445. The Morgan fingerprint density at radius 1 is 1.42 bits per heavy atom. The van der Waals surface area contributed by atoms with E-state index < -0.39 is 0 Å². The molecule has 0 aliphatic carbocycles. The molecule has 2 aliphatic heterocycles. The fourth-order valence-electron chi connectivity index (χ4n) is 3.04. The van der Waals surface area contributed by atoms with Gasteiger partial charge >= 0.3 is 0 Å². The summed E-state index contributed by atoms with van der Waals surface area (Å²) in [6.07, 6.45) is 6.56. The average Bonchev–Trinajstić information content (AvgIpc) is 2.90. The van der Waals surface area contributed by atoms with E-state index in [2.05, 4.69) is 15.3 Å². The number of carbonyl (C=O) groups excluding carboxylic acids is 1. The summed E-state index contributed by atoms with van der Waals surface area (Å²) >= 11 is 0. The van der Waals surface area contributed by atoms with Crippen LogP contribution in [0.5, 0.6) is 0 Å². The lowest BCUT2D eigenvalue weighted by Crippen LogP contribution is -2.41. The molecular formula is C14H20N4O. The monoisotopic (exact) mass is 260 g/mol. The van der Waals surface area contributed by atoms with Crippen LogP contribution in [-0.2, 0) is 6.42 Å². The maximum absolute atomic E-state index is 12.4. The number of rotatable bonds is 2. The Labute approximate surface area is 113 Å². The highest BCUT2D eigenvalue weighted by atomic mass is 16.2. The molecule has 0 bridgehead atoms. The number of likely N-dealkylation sites (tertiary alicyclic amines) is 1. The minimum atomic E-state index is 0.0684. The van der Waals surface area contributed by atoms with Crippen molar-refractivity contribution in [3.8, 4) is 0 Å². The van der Waals surface area contributed by atoms with E-state index in [1.807, 2.05) is 11.8 Å². The minimum Gasteiger partial charge on any atom is -0.337 e. The lowest BCUT2D eigenvalue weighted by atomic mass is 9.94. The SMILES string of the molecule is CCc1ncc(C(=O)N2CC3CCCNC3C2)cn1. The number of aryl methyl sites for hydroxylation is 1. The largest absolute Gasteiger partial charge is 0.337 e. The molecule has 3 heterocycles. The first-order valence-corrected chi connectivity index (χ1v) is 7.11. The summed E-state index contributed by atoms with van der Waals surface area (Å²) in [4.78, 5) is 22.8. The van der Waals surface area contributed by atoms with Crippen LogP contribution in [0.2, 0.25) is 0 Å². The van der Waals surface area contributed by atoms with E-state index in [4.69, 9.17) is 0 Å². The van der Waals surface area contributed by atoms with Crippen molar-refractivity contribution in [1.29, 1.82) is 0 Å². The van der Waals surface area contributed by atoms with Crippen LogP contribution in [0.25, 0.3) is 0 Å². The lowest BCUT2D eigenvalue weighted by Gasteiger charge is -2.24. The first-order chi connectivity index (χ1) is 9.28. The molecule has 2 fully saturated rings. The minimum absolute atomic E-state index is 0.0684. The van der Waals surface area contributed by atoms with Crippen molar-refractivity contribution in [1.82, 2.24) is 20.2 Å². The molecule has 2 unspecified atom stereocenters. The third-order valence-corrected chi connectivity index (χ3v) is 4.15. The van der Waals surface area contributed by atoms with Gasteiger partial charge in [-0.3, -0.25) is 4.79 Å². The standard InChI is InChI=1S/C14H20N4O/c1-2-13-16-6-11(7-17-13)14(19)18-8-10-4-3-5-15-12(10)9-18/h6-7,10,12,15H,2-5,8-9H2,1H3. The Balaban J connectivity index is 1.70. The van der Waals surface area contributed by atoms with Crippen LogP contribution in [0.4, 0.5) is 0 Å². The molecule has 1 aromatic rings. The predicted octanol–water partition coefficient (Wildman–Crippen LogP) is 0.863. The smallest absolute Gasteiger partial charge is 0.257 e. The van der Waals surface area contributed by atoms with Gasteiger partial charge in [0, 0.05) is 37.9 Å². The quantitative estimate of drug-likeness (QED) is 0.857. The third kappa shape index (κ3) is 2.47. The molecule has 3 rings (SSSR count). The molecule has 2 atom stereocenters. The second-order valence-electron chi connectivity index (χ2n) is 5.41. The molecular weight excluding hydrogens is 240 g/mol. The maximum atomic E-state index is 12.4. The molecule has 0 radical (unpaired) electrons. The fraction of sp³-hybridized carbons (Fsp3) is 0.643. The van der Waals surface area contributed by atoms with Gasteiger partial charge in [-0.15, -0.1) is 0 Å². The van der Waals surface area contributed by atoms with Gasteiger partial charge in [-0.1, -0.05) is 6.92 Å². The Morgan fingerprint density at radius 2 is 2.21 bits per heavy atom. The molecule has 1 aromatic heterocycles. The van der Waals surface area contributed by atoms with Crippen LogP contribution >= 0.6 is 0 Å². The van der Waals surface area contributed by atoms with Crippen molar-refractivity contribution in [2.75, 3.05) is 19.6 Å². The van der Waals surface area contributed by atoms with Gasteiger partial charge in [0.1, 0.15) is 5.82 Å². The summed E-state index contributed by atoms with van der Waals surface area (Å²) in [7, 11) is 0. The first kappa shape index (κ1) is 12.5. The summed E-state index contributed by atoms with van der Waals surface area (Å²) in [6, 6.07) is 0.480. The van der Waals surface area contributed by atoms with Crippen LogP contribution < -0.4 is 5.32 Å². The molecule has 5 heteroatoms. The van der Waals surface area contributed by atoms with Crippen molar-refractivity contribution in [3.05, 3.63) is 23.8 Å². The number of fused-ring (bicyclic) bond motifs is 1. The molecule has 0 spiro atoms. The molecule has 1 N–H and O–H groups in total. The first-order valence-electron chi connectivity index (χ1n) is 7.11. The third-order valence-electron chi connectivity index (χ3n) is 4.15. The van der Waals surface area contributed by atoms with Gasteiger partial charge in [0.05, 0.1) is 5.56 Å². The van der Waals surface area contributed by atoms with E-state index in [-0.39, 0.29) is 5.91 Å². The highest BCUT2D eigenvalue weighted by molar-refractivity contribution is 5.93. The van der Waals surface area contributed by atoms with Gasteiger partial charge in [-0.05, 0) is 25.3 Å². The second-order valence-corrected chi connectivity index (χ2v) is 5.41. The highest BCUT2D eigenvalue weighted by Crippen LogP contribution is 2.25. The Hall–Kier alpha value is -1.49. The van der Waals surface area contributed by atoms with E-state index in [1.54, 1.807) is 12.4 Å². The van der Waals surface area contributed by atoms with Crippen molar-refractivity contribution < 1.29 is 4.79 Å². The van der Waals surface area contributed by atoms with Crippen LogP contribution in [-0.4, -0.2) is 46.5 Å². The van der Waals surface area contributed by atoms with E-state index in [0.29, 0.717) is 17.5 Å². The summed E-state index contributed by atoms with van der Waals surface area (Å²) in [6.45, 7) is 4.77.